The summed E-state index contributed by atoms with van der Waals surface area (Å²) in [5.41, 5.74) is 4.13. The molecule has 1 heteroatoms. The van der Waals surface area contributed by atoms with Gasteiger partial charge in [-0.2, -0.15) is 0 Å². The Kier molecular flexibility index (Phi) is 1.95. The minimum atomic E-state index is 1.03. The molecule has 0 saturated heterocycles. The van der Waals surface area contributed by atoms with Gasteiger partial charge in [0.05, 0.1) is 10.9 Å². The van der Waals surface area contributed by atoms with E-state index in [0.717, 1.165) is 6.42 Å². The molecule has 1 nitrogen and oxygen atoms in total. The Morgan fingerprint density at radius 3 is 2.83 bits per heavy atom. The fourth-order valence-corrected chi connectivity index (χ4v) is 2.89. The molecular formula is C17H13N. The maximum Gasteiger partial charge on any atom is 0.0569 e. The van der Waals surface area contributed by atoms with Crippen LogP contribution >= 0.6 is 0 Å². The average Bonchev–Trinajstić information content (AvgIpc) is 2.65. The largest absolute Gasteiger partial charge is 0.316 e. The lowest BCUT2D eigenvalue weighted by molar-refractivity contribution is 1.13. The summed E-state index contributed by atoms with van der Waals surface area (Å²) in [4.78, 5) is 0. The van der Waals surface area contributed by atoms with E-state index in [4.69, 9.17) is 0 Å². The number of hydrogen-bond acceptors (Lipinski definition) is 0. The van der Waals surface area contributed by atoms with Crippen LogP contribution in [0.15, 0.2) is 48.7 Å². The molecule has 0 bridgehead atoms. The van der Waals surface area contributed by atoms with Gasteiger partial charge in [-0.25, -0.2) is 0 Å². The zero-order valence-electron chi connectivity index (χ0n) is 10.0. The Hall–Kier alpha value is -2.28. The van der Waals surface area contributed by atoms with E-state index in [0.29, 0.717) is 0 Å². The first-order valence-corrected chi connectivity index (χ1v) is 6.29. The lowest BCUT2D eigenvalue weighted by atomic mass is 10.0. The van der Waals surface area contributed by atoms with Gasteiger partial charge in [0.15, 0.2) is 0 Å². The Labute approximate surface area is 105 Å². The second-order valence-corrected chi connectivity index (χ2v) is 4.67. The number of fused-ring (bicyclic) bond motifs is 3. The van der Waals surface area contributed by atoms with E-state index in [1.165, 1.54) is 27.2 Å². The highest BCUT2D eigenvalue weighted by Gasteiger charge is 2.12. The molecule has 2 aromatic heterocycles. The number of allylic oxidation sites excluding steroid dienone is 5. The van der Waals surface area contributed by atoms with E-state index in [9.17, 15) is 0 Å². The van der Waals surface area contributed by atoms with E-state index < -0.39 is 0 Å². The molecule has 0 atom stereocenters. The Morgan fingerprint density at radius 1 is 1.00 bits per heavy atom. The van der Waals surface area contributed by atoms with Crippen LogP contribution in [0.3, 0.4) is 0 Å². The fourth-order valence-electron chi connectivity index (χ4n) is 2.89. The van der Waals surface area contributed by atoms with Crippen molar-refractivity contribution in [2.45, 2.75) is 6.42 Å². The Bertz CT molecular complexity index is 842. The van der Waals surface area contributed by atoms with E-state index in [1.54, 1.807) is 0 Å². The summed E-state index contributed by atoms with van der Waals surface area (Å²) in [5.74, 6) is 0. The quantitative estimate of drug-likeness (QED) is 0.654. The standard InChI is InChI=1S/C17H13N/c1-2-4-11-16-14(9-3-1)15-10-5-7-13-8-6-12-18(16)17(13)15/h1-9,11-12H,10H2/b2-1?,3-1-,4-2-,9-3?,11-4?,14-9-,16-11+. The van der Waals surface area contributed by atoms with Crippen molar-refractivity contribution in [1.29, 1.82) is 0 Å². The van der Waals surface area contributed by atoms with Crippen LogP contribution in [0.4, 0.5) is 0 Å². The molecule has 2 aliphatic carbocycles. The molecular weight excluding hydrogens is 218 g/mol. The summed E-state index contributed by atoms with van der Waals surface area (Å²) in [6, 6.07) is 4.31. The van der Waals surface area contributed by atoms with E-state index >= 15 is 0 Å². The van der Waals surface area contributed by atoms with Gasteiger partial charge in [-0.1, -0.05) is 48.6 Å². The molecule has 86 valence electrons. The van der Waals surface area contributed by atoms with Crippen molar-refractivity contribution in [2.24, 2.45) is 0 Å². The minimum absolute atomic E-state index is 1.03. The van der Waals surface area contributed by atoms with Crippen LogP contribution in [0.2, 0.25) is 0 Å². The highest BCUT2D eigenvalue weighted by molar-refractivity contribution is 5.78. The van der Waals surface area contributed by atoms with Gasteiger partial charge in [0.2, 0.25) is 0 Å². The van der Waals surface area contributed by atoms with Gasteiger partial charge >= 0.3 is 0 Å². The summed E-state index contributed by atoms with van der Waals surface area (Å²) in [7, 11) is 0. The smallest absolute Gasteiger partial charge is 0.0569 e. The fraction of sp³-hybridized carbons (Fsp3) is 0.0588. The number of rotatable bonds is 0. The number of aromatic nitrogens is 1. The summed E-state index contributed by atoms with van der Waals surface area (Å²) in [6.45, 7) is 0. The first-order valence-electron chi connectivity index (χ1n) is 6.29. The average molecular weight is 231 g/mol. The predicted octanol–water partition coefficient (Wildman–Crippen LogP) is 2.20. The maximum absolute atomic E-state index is 2.31. The Balaban J connectivity index is 2.33. The zero-order chi connectivity index (χ0) is 11.9. The molecule has 4 rings (SSSR count). The van der Waals surface area contributed by atoms with Gasteiger partial charge in [-0.05, 0) is 29.7 Å². The van der Waals surface area contributed by atoms with Gasteiger partial charge in [-0.15, -0.1) is 0 Å². The molecule has 0 unspecified atom stereocenters. The van der Waals surface area contributed by atoms with Crippen LogP contribution in [-0.4, -0.2) is 4.40 Å². The van der Waals surface area contributed by atoms with Crippen molar-refractivity contribution in [2.75, 3.05) is 0 Å². The van der Waals surface area contributed by atoms with Crippen LogP contribution in [0, 0.1) is 0 Å². The predicted molar refractivity (Wildman–Crippen MR) is 76.6 cm³/mol. The molecule has 0 fully saturated rings. The highest BCUT2D eigenvalue weighted by Crippen LogP contribution is 2.19. The SMILES string of the molecule is C1=Cc2cccn3c4/c(c(c23)C1)=C\C=C/C=C\C=4. The first kappa shape index (κ1) is 9.72. The summed E-state index contributed by atoms with van der Waals surface area (Å²) < 4.78 is 2.31. The molecule has 2 heterocycles. The third kappa shape index (κ3) is 1.22. The van der Waals surface area contributed by atoms with Crippen molar-refractivity contribution in [3.8, 4) is 0 Å². The lowest BCUT2D eigenvalue weighted by Crippen LogP contribution is -2.27. The van der Waals surface area contributed by atoms with E-state index in [1.807, 2.05) is 0 Å². The summed E-state index contributed by atoms with van der Waals surface area (Å²) in [6.07, 6.45) is 20.5. The number of nitrogens with zero attached hydrogens (tertiary/aromatic N) is 1. The maximum atomic E-state index is 2.31. The molecule has 18 heavy (non-hydrogen) atoms. The Morgan fingerprint density at radius 2 is 1.89 bits per heavy atom. The molecule has 0 amide bonds. The first-order chi connectivity index (χ1) is 8.95. The van der Waals surface area contributed by atoms with Crippen molar-refractivity contribution in [3.05, 3.63) is 70.4 Å². The monoisotopic (exact) mass is 231 g/mol. The van der Waals surface area contributed by atoms with Gasteiger partial charge in [-0.3, -0.25) is 0 Å². The second kappa shape index (κ2) is 3.61. The highest BCUT2D eigenvalue weighted by atomic mass is 14.9. The number of pyridine rings is 1. The van der Waals surface area contributed by atoms with Gasteiger partial charge < -0.3 is 4.40 Å². The van der Waals surface area contributed by atoms with Crippen LogP contribution in [-0.2, 0) is 6.42 Å². The molecule has 0 N–H and O–H groups in total. The molecule has 0 aliphatic heterocycles. The van der Waals surface area contributed by atoms with Gasteiger partial charge in [0.1, 0.15) is 0 Å². The number of hydrogen-bond donors (Lipinski definition) is 0. The van der Waals surface area contributed by atoms with E-state index in [2.05, 4.69) is 71.3 Å². The van der Waals surface area contributed by atoms with Crippen molar-refractivity contribution < 1.29 is 0 Å². The van der Waals surface area contributed by atoms with Crippen LogP contribution in [0.5, 0.6) is 0 Å². The van der Waals surface area contributed by atoms with Crippen molar-refractivity contribution in [1.82, 2.24) is 4.40 Å². The van der Waals surface area contributed by atoms with Crippen LogP contribution < -0.4 is 10.6 Å². The van der Waals surface area contributed by atoms with Crippen molar-refractivity contribution in [3.63, 3.8) is 0 Å². The molecule has 2 aliphatic rings. The third-order valence-corrected chi connectivity index (χ3v) is 3.64. The lowest BCUT2D eigenvalue weighted by Gasteiger charge is -2.06. The topological polar surface area (TPSA) is 4.41 Å². The molecule has 2 aromatic rings. The zero-order valence-corrected chi connectivity index (χ0v) is 10.0. The summed E-state index contributed by atoms with van der Waals surface area (Å²) >= 11 is 0. The van der Waals surface area contributed by atoms with Crippen molar-refractivity contribution >= 4 is 23.7 Å². The second-order valence-electron chi connectivity index (χ2n) is 4.67. The van der Waals surface area contributed by atoms with E-state index in [-0.39, 0.29) is 0 Å². The van der Waals surface area contributed by atoms with Gasteiger partial charge in [0.25, 0.3) is 0 Å². The summed E-state index contributed by atoms with van der Waals surface area (Å²) in [5, 5.41) is 2.64. The van der Waals surface area contributed by atoms with Crippen LogP contribution in [0.25, 0.3) is 23.7 Å². The molecule has 0 radical (unpaired) electrons. The minimum Gasteiger partial charge on any atom is -0.316 e. The third-order valence-electron chi connectivity index (χ3n) is 3.64. The molecule has 0 aromatic carbocycles. The van der Waals surface area contributed by atoms with Crippen LogP contribution in [0.1, 0.15) is 11.1 Å². The molecule has 0 saturated carbocycles. The normalized spacial score (nSPS) is 23.1. The molecule has 0 spiro atoms. The van der Waals surface area contributed by atoms with Gasteiger partial charge in [0, 0.05) is 11.4 Å².